The molecule has 2 heterocycles. The summed E-state index contributed by atoms with van der Waals surface area (Å²) in [6, 6.07) is 14.5. The number of benzene rings is 2. The van der Waals surface area contributed by atoms with Gasteiger partial charge in [-0.05, 0) is 42.0 Å². The first kappa shape index (κ1) is 15.3. The summed E-state index contributed by atoms with van der Waals surface area (Å²) in [5.41, 5.74) is 2.66. The summed E-state index contributed by atoms with van der Waals surface area (Å²) in [5.74, 6) is 1.40. The molecule has 0 bridgehead atoms. The minimum Gasteiger partial charge on any atom is -0.508 e. The van der Waals surface area contributed by atoms with Crippen LogP contribution in [0.3, 0.4) is 0 Å². The van der Waals surface area contributed by atoms with Gasteiger partial charge in [-0.15, -0.1) is 0 Å². The maximum absolute atomic E-state index is 12.2. The van der Waals surface area contributed by atoms with Gasteiger partial charge in [0.2, 0.25) is 5.91 Å². The summed E-state index contributed by atoms with van der Waals surface area (Å²) < 4.78 is 6.89. The van der Waals surface area contributed by atoms with Gasteiger partial charge in [0.1, 0.15) is 17.3 Å². The molecule has 1 aliphatic heterocycles. The molecule has 126 valence electrons. The van der Waals surface area contributed by atoms with Crippen molar-refractivity contribution >= 4 is 11.7 Å². The first-order valence-corrected chi connectivity index (χ1v) is 7.97. The van der Waals surface area contributed by atoms with Crippen molar-refractivity contribution in [3.05, 3.63) is 65.9 Å². The summed E-state index contributed by atoms with van der Waals surface area (Å²) in [6.07, 6.45) is 2.10. The second-order valence-corrected chi connectivity index (χ2v) is 5.96. The molecule has 0 fully saturated rings. The number of hydrogen-bond acceptors (Lipinski definition) is 4. The summed E-state index contributed by atoms with van der Waals surface area (Å²) in [6.45, 7) is 0. The predicted octanol–water partition coefficient (Wildman–Crippen LogP) is 3.06. The number of phenolic OH excluding ortho intramolecular Hbond substituents is 1. The average molecular weight is 335 g/mol. The van der Waals surface area contributed by atoms with Crippen LogP contribution >= 0.6 is 0 Å². The Morgan fingerprint density at radius 3 is 2.76 bits per heavy atom. The van der Waals surface area contributed by atoms with E-state index in [1.165, 1.54) is 0 Å². The number of aromatic hydroxyl groups is 1. The molecule has 6 nitrogen and oxygen atoms in total. The minimum atomic E-state index is -0.136. The lowest BCUT2D eigenvalue weighted by Gasteiger charge is -2.24. The van der Waals surface area contributed by atoms with Crippen LogP contribution in [0, 0.1) is 0 Å². The number of hydrogen-bond donors (Lipinski definition) is 2. The largest absolute Gasteiger partial charge is 0.508 e. The molecule has 0 radical (unpaired) electrons. The Hall–Kier alpha value is -3.28. The number of ether oxygens (including phenoxy) is 1. The van der Waals surface area contributed by atoms with Crippen LogP contribution in [0.4, 0.5) is 5.82 Å². The first-order chi connectivity index (χ1) is 12.2. The molecular weight excluding hydrogens is 318 g/mol. The summed E-state index contributed by atoms with van der Waals surface area (Å²) in [7, 11) is 1.62. The highest BCUT2D eigenvalue weighted by Gasteiger charge is 2.30. The second kappa shape index (κ2) is 5.98. The summed E-state index contributed by atoms with van der Waals surface area (Å²) >= 11 is 0. The van der Waals surface area contributed by atoms with Gasteiger partial charge in [-0.3, -0.25) is 4.79 Å². The quantitative estimate of drug-likeness (QED) is 0.771. The number of nitrogens with one attached hydrogen (secondary N) is 1. The lowest BCUT2D eigenvalue weighted by molar-refractivity contribution is -0.116. The summed E-state index contributed by atoms with van der Waals surface area (Å²) in [4.78, 5) is 12.2. The lowest BCUT2D eigenvalue weighted by Crippen LogP contribution is -2.24. The van der Waals surface area contributed by atoms with Crippen molar-refractivity contribution in [1.82, 2.24) is 9.78 Å². The van der Waals surface area contributed by atoms with E-state index in [-0.39, 0.29) is 17.6 Å². The van der Waals surface area contributed by atoms with Crippen molar-refractivity contribution in [3.63, 3.8) is 0 Å². The summed E-state index contributed by atoms with van der Waals surface area (Å²) in [5, 5.41) is 17.1. The average Bonchev–Trinajstić information content (AvgIpc) is 3.04. The Labute approximate surface area is 144 Å². The van der Waals surface area contributed by atoms with E-state index in [0.29, 0.717) is 12.2 Å². The number of nitrogens with zero attached hydrogens (tertiary/aromatic N) is 2. The van der Waals surface area contributed by atoms with Crippen molar-refractivity contribution in [2.75, 3.05) is 12.4 Å². The van der Waals surface area contributed by atoms with Gasteiger partial charge in [-0.1, -0.05) is 12.1 Å². The SMILES string of the molecule is COc1ccc(-n2ncc3c2NC(=O)CC3c2cccc(O)c2)cc1. The molecule has 0 aliphatic carbocycles. The van der Waals surface area contributed by atoms with Crippen LogP contribution in [0.1, 0.15) is 23.5 Å². The zero-order chi connectivity index (χ0) is 17.4. The van der Waals surface area contributed by atoms with E-state index in [1.54, 1.807) is 36.2 Å². The fraction of sp³-hybridized carbons (Fsp3) is 0.158. The molecule has 1 amide bonds. The number of anilines is 1. The smallest absolute Gasteiger partial charge is 0.226 e. The molecule has 1 aromatic heterocycles. The molecule has 2 N–H and O–H groups in total. The number of phenols is 1. The minimum absolute atomic E-state index is 0.0731. The number of aromatic nitrogens is 2. The molecular formula is C19H17N3O3. The zero-order valence-corrected chi connectivity index (χ0v) is 13.6. The van der Waals surface area contributed by atoms with Crippen LogP contribution in [-0.2, 0) is 4.79 Å². The normalized spacial score (nSPS) is 16.2. The maximum atomic E-state index is 12.2. The van der Waals surface area contributed by atoms with E-state index in [1.807, 2.05) is 30.3 Å². The number of methoxy groups -OCH3 is 1. The van der Waals surface area contributed by atoms with E-state index in [0.717, 1.165) is 22.6 Å². The molecule has 4 rings (SSSR count). The van der Waals surface area contributed by atoms with E-state index in [2.05, 4.69) is 10.4 Å². The number of fused-ring (bicyclic) bond motifs is 1. The van der Waals surface area contributed by atoms with Gasteiger partial charge < -0.3 is 15.2 Å². The molecule has 25 heavy (non-hydrogen) atoms. The molecule has 6 heteroatoms. The third-order valence-electron chi connectivity index (χ3n) is 4.41. The van der Waals surface area contributed by atoms with Crippen molar-refractivity contribution in [1.29, 1.82) is 0 Å². The van der Waals surface area contributed by atoms with Gasteiger partial charge >= 0.3 is 0 Å². The molecule has 0 saturated heterocycles. The number of carbonyl (C=O) groups excluding carboxylic acids is 1. The van der Waals surface area contributed by atoms with Gasteiger partial charge in [0.15, 0.2) is 0 Å². The Kier molecular flexibility index (Phi) is 3.65. The number of carbonyl (C=O) groups is 1. The topological polar surface area (TPSA) is 76.4 Å². The highest BCUT2D eigenvalue weighted by atomic mass is 16.5. The molecule has 0 spiro atoms. The van der Waals surface area contributed by atoms with Crippen molar-refractivity contribution in [2.24, 2.45) is 0 Å². The highest BCUT2D eigenvalue weighted by Crippen LogP contribution is 2.38. The van der Waals surface area contributed by atoms with Crippen LogP contribution < -0.4 is 10.1 Å². The second-order valence-electron chi connectivity index (χ2n) is 5.96. The van der Waals surface area contributed by atoms with Crippen LogP contribution in [0.15, 0.2) is 54.7 Å². The van der Waals surface area contributed by atoms with Gasteiger partial charge in [0, 0.05) is 17.9 Å². The maximum Gasteiger partial charge on any atom is 0.226 e. The monoisotopic (exact) mass is 335 g/mol. The zero-order valence-electron chi connectivity index (χ0n) is 13.6. The van der Waals surface area contributed by atoms with Gasteiger partial charge in [-0.25, -0.2) is 4.68 Å². The highest BCUT2D eigenvalue weighted by molar-refractivity contribution is 5.94. The molecule has 1 atom stereocenters. The van der Waals surface area contributed by atoms with Crippen LogP contribution in [-0.4, -0.2) is 27.9 Å². The van der Waals surface area contributed by atoms with Gasteiger partial charge in [0.05, 0.1) is 19.0 Å². The lowest BCUT2D eigenvalue weighted by atomic mass is 9.87. The molecule has 1 unspecified atom stereocenters. The van der Waals surface area contributed by atoms with Crippen LogP contribution in [0.25, 0.3) is 5.69 Å². The Balaban J connectivity index is 1.78. The van der Waals surface area contributed by atoms with Gasteiger partial charge in [-0.2, -0.15) is 5.10 Å². The predicted molar refractivity (Wildman–Crippen MR) is 93.3 cm³/mol. The van der Waals surface area contributed by atoms with Crippen LogP contribution in [0.5, 0.6) is 11.5 Å². The molecule has 1 aliphatic rings. The van der Waals surface area contributed by atoms with Crippen molar-refractivity contribution in [3.8, 4) is 17.2 Å². The standard InChI is InChI=1S/C19H17N3O3/c1-25-15-7-5-13(6-8-15)22-19-17(11-20-22)16(10-18(24)21-19)12-3-2-4-14(23)9-12/h2-9,11,16,23H,10H2,1H3,(H,21,24). The molecule has 0 saturated carbocycles. The van der Waals surface area contributed by atoms with Crippen molar-refractivity contribution in [2.45, 2.75) is 12.3 Å². The Morgan fingerprint density at radius 2 is 2.04 bits per heavy atom. The number of rotatable bonds is 3. The van der Waals surface area contributed by atoms with E-state index in [9.17, 15) is 9.90 Å². The molecule has 2 aromatic carbocycles. The Morgan fingerprint density at radius 1 is 1.24 bits per heavy atom. The van der Waals surface area contributed by atoms with E-state index >= 15 is 0 Å². The Bertz CT molecular complexity index is 931. The fourth-order valence-electron chi connectivity index (χ4n) is 3.18. The van der Waals surface area contributed by atoms with Crippen LogP contribution in [0.2, 0.25) is 0 Å². The number of amides is 1. The van der Waals surface area contributed by atoms with Gasteiger partial charge in [0.25, 0.3) is 0 Å². The van der Waals surface area contributed by atoms with Crippen molar-refractivity contribution < 1.29 is 14.6 Å². The third-order valence-corrected chi connectivity index (χ3v) is 4.41. The van der Waals surface area contributed by atoms with E-state index in [4.69, 9.17) is 4.74 Å². The fourth-order valence-corrected chi connectivity index (χ4v) is 3.18. The first-order valence-electron chi connectivity index (χ1n) is 7.97. The molecule has 3 aromatic rings. The van der Waals surface area contributed by atoms with E-state index < -0.39 is 0 Å². The third kappa shape index (κ3) is 2.71.